The number of carbonyl (C=O) groups excluding carboxylic acids is 2. The molecule has 0 spiro atoms. The monoisotopic (exact) mass is 371 g/mol. The lowest BCUT2D eigenvalue weighted by Crippen LogP contribution is -2.49. The Bertz CT molecular complexity index is 511. The highest BCUT2D eigenvalue weighted by Crippen LogP contribution is 2.35. The average molecular weight is 371 g/mol. The summed E-state index contributed by atoms with van der Waals surface area (Å²) >= 11 is 0. The number of urea groups is 1. The Hall–Kier alpha value is -1.42. The van der Waals surface area contributed by atoms with Gasteiger partial charge in [0.05, 0.1) is 31.8 Å². The first kappa shape index (κ1) is 19.3. The van der Waals surface area contributed by atoms with Crippen molar-refractivity contribution in [1.29, 1.82) is 0 Å². The number of carbonyl (C=O) groups is 2. The van der Waals surface area contributed by atoms with Crippen molar-refractivity contribution in [1.82, 2.24) is 15.5 Å². The zero-order chi connectivity index (χ0) is 18.7. The molecule has 3 fully saturated rings. The molecule has 0 radical (unpaired) electrons. The second kappa shape index (κ2) is 8.51. The van der Waals surface area contributed by atoms with Crippen LogP contribution in [0.1, 0.15) is 26.7 Å². The van der Waals surface area contributed by atoms with Crippen LogP contribution < -0.4 is 10.6 Å². The van der Waals surface area contributed by atoms with Gasteiger partial charge in [-0.25, -0.2) is 4.79 Å². The van der Waals surface area contributed by atoms with Crippen LogP contribution in [0.2, 0.25) is 0 Å². The largest absolute Gasteiger partial charge is 0.388 e. The Morgan fingerprint density at radius 2 is 1.96 bits per heavy atom. The molecule has 3 saturated heterocycles. The molecular formula is C17H29N3O6. The predicted octanol–water partition coefficient (Wildman–Crippen LogP) is -0.771. The Morgan fingerprint density at radius 1 is 1.23 bits per heavy atom. The van der Waals surface area contributed by atoms with E-state index in [-0.39, 0.29) is 43.2 Å². The van der Waals surface area contributed by atoms with Crippen LogP contribution in [0.5, 0.6) is 0 Å². The van der Waals surface area contributed by atoms with E-state index in [2.05, 4.69) is 10.6 Å². The first-order valence-electron chi connectivity index (χ1n) is 9.33. The van der Waals surface area contributed by atoms with E-state index in [0.29, 0.717) is 32.7 Å². The summed E-state index contributed by atoms with van der Waals surface area (Å²) in [6, 6.07) is -0.0880. The maximum Gasteiger partial charge on any atom is 0.317 e. The number of morpholine rings is 1. The quantitative estimate of drug-likeness (QED) is 0.585. The molecule has 26 heavy (non-hydrogen) atoms. The van der Waals surface area contributed by atoms with Crippen LogP contribution in [0.3, 0.4) is 0 Å². The minimum atomic E-state index is -0.817. The minimum absolute atomic E-state index is 0.0613. The van der Waals surface area contributed by atoms with E-state index in [1.807, 2.05) is 13.8 Å². The van der Waals surface area contributed by atoms with Gasteiger partial charge in [-0.15, -0.1) is 0 Å². The Morgan fingerprint density at radius 3 is 2.62 bits per heavy atom. The molecule has 9 nitrogen and oxygen atoms in total. The van der Waals surface area contributed by atoms with Gasteiger partial charge in [-0.3, -0.25) is 4.79 Å². The van der Waals surface area contributed by atoms with E-state index in [1.165, 1.54) is 0 Å². The topological polar surface area (TPSA) is 109 Å². The number of amides is 3. The summed E-state index contributed by atoms with van der Waals surface area (Å²) in [5, 5.41) is 16.1. The van der Waals surface area contributed by atoms with Crippen molar-refractivity contribution in [2.75, 3.05) is 32.8 Å². The molecule has 0 bridgehead atoms. The number of hydrogen-bond donors (Lipinski definition) is 3. The molecule has 3 amide bonds. The second-order valence-corrected chi connectivity index (χ2v) is 7.37. The van der Waals surface area contributed by atoms with Crippen molar-refractivity contribution >= 4 is 11.9 Å². The smallest absolute Gasteiger partial charge is 0.317 e. The molecule has 0 aromatic rings. The first-order chi connectivity index (χ1) is 12.4. The molecule has 3 aliphatic rings. The van der Waals surface area contributed by atoms with Gasteiger partial charge in [0.25, 0.3) is 0 Å². The maximum atomic E-state index is 12.1. The lowest BCUT2D eigenvalue weighted by atomic mass is 10.1. The van der Waals surface area contributed by atoms with Crippen LogP contribution in [0.15, 0.2) is 0 Å². The van der Waals surface area contributed by atoms with Crippen molar-refractivity contribution in [2.45, 2.75) is 63.3 Å². The summed E-state index contributed by atoms with van der Waals surface area (Å²) < 4.78 is 16.9. The van der Waals surface area contributed by atoms with Gasteiger partial charge in [0, 0.05) is 32.1 Å². The highest BCUT2D eigenvalue weighted by Gasteiger charge is 2.50. The molecule has 3 aliphatic heterocycles. The average Bonchev–Trinajstić information content (AvgIpc) is 3.11. The first-order valence-corrected chi connectivity index (χ1v) is 9.33. The van der Waals surface area contributed by atoms with E-state index in [0.717, 1.165) is 0 Å². The normalized spacial score (nSPS) is 34.0. The van der Waals surface area contributed by atoms with E-state index < -0.39 is 18.3 Å². The number of nitrogens with zero attached hydrogens (tertiary/aromatic N) is 1. The molecule has 3 heterocycles. The Labute approximate surface area is 153 Å². The molecule has 0 aromatic heterocycles. The van der Waals surface area contributed by atoms with E-state index >= 15 is 0 Å². The van der Waals surface area contributed by atoms with Crippen LogP contribution in [-0.4, -0.2) is 91.4 Å². The number of aliphatic hydroxyl groups is 1. The number of aliphatic hydroxyl groups excluding tert-OH is 1. The van der Waals surface area contributed by atoms with E-state index in [9.17, 15) is 14.7 Å². The Balaban J connectivity index is 1.41. The Kier molecular flexibility index (Phi) is 6.33. The van der Waals surface area contributed by atoms with Gasteiger partial charge in [-0.2, -0.15) is 0 Å². The molecular weight excluding hydrogens is 342 g/mol. The van der Waals surface area contributed by atoms with Crippen LogP contribution in [0.25, 0.3) is 0 Å². The lowest BCUT2D eigenvalue weighted by molar-refractivity contribution is -0.125. The van der Waals surface area contributed by atoms with Gasteiger partial charge >= 0.3 is 6.03 Å². The fraction of sp³-hybridized carbons (Fsp3) is 0.882. The number of hydrogen-bond acceptors (Lipinski definition) is 6. The zero-order valence-electron chi connectivity index (χ0n) is 15.3. The molecule has 3 rings (SSSR count). The molecule has 0 aliphatic carbocycles. The molecule has 5 atom stereocenters. The summed E-state index contributed by atoms with van der Waals surface area (Å²) in [6.45, 7) is 6.25. The third-order valence-corrected chi connectivity index (χ3v) is 4.89. The molecule has 9 heteroatoms. The minimum Gasteiger partial charge on any atom is -0.388 e. The van der Waals surface area contributed by atoms with Gasteiger partial charge in [0.15, 0.2) is 0 Å². The van der Waals surface area contributed by atoms with Crippen LogP contribution in [0.4, 0.5) is 4.79 Å². The maximum absolute atomic E-state index is 12.1. The highest BCUT2D eigenvalue weighted by atomic mass is 16.6. The summed E-state index contributed by atoms with van der Waals surface area (Å²) in [4.78, 5) is 25.6. The lowest BCUT2D eigenvalue weighted by Gasteiger charge is -2.28. The van der Waals surface area contributed by atoms with Crippen LogP contribution in [0, 0.1) is 0 Å². The number of fused-ring (bicyclic) bond motifs is 1. The van der Waals surface area contributed by atoms with Gasteiger partial charge in [-0.1, -0.05) is 0 Å². The van der Waals surface area contributed by atoms with E-state index in [4.69, 9.17) is 14.2 Å². The van der Waals surface area contributed by atoms with Gasteiger partial charge in [0.2, 0.25) is 5.91 Å². The second-order valence-electron chi connectivity index (χ2n) is 7.37. The SMILES string of the molecule is CC(C)NC(=O)CC1CC2OC(CNC(=O)N3CCOCC3)C(O)C2O1. The summed E-state index contributed by atoms with van der Waals surface area (Å²) in [5.74, 6) is -0.0613. The summed E-state index contributed by atoms with van der Waals surface area (Å²) in [6.07, 6.45) is -1.42. The highest BCUT2D eigenvalue weighted by molar-refractivity contribution is 5.76. The fourth-order valence-corrected chi connectivity index (χ4v) is 3.66. The number of nitrogens with one attached hydrogen (secondary N) is 2. The van der Waals surface area contributed by atoms with Gasteiger partial charge in [0.1, 0.15) is 18.3 Å². The number of rotatable bonds is 5. The van der Waals surface area contributed by atoms with Crippen molar-refractivity contribution in [3.8, 4) is 0 Å². The van der Waals surface area contributed by atoms with Gasteiger partial charge in [-0.05, 0) is 13.8 Å². The van der Waals surface area contributed by atoms with E-state index in [1.54, 1.807) is 4.90 Å². The third kappa shape index (κ3) is 4.64. The number of ether oxygens (including phenoxy) is 3. The molecule has 5 unspecified atom stereocenters. The van der Waals surface area contributed by atoms with Crippen molar-refractivity contribution < 1.29 is 28.9 Å². The standard InChI is InChI=1S/C17H29N3O6/c1-10(2)19-14(21)8-11-7-12-16(25-11)15(22)13(26-12)9-18-17(23)20-3-5-24-6-4-20/h10-13,15-16,22H,3-9H2,1-2H3,(H,18,23)(H,19,21). The van der Waals surface area contributed by atoms with Gasteiger partial charge < -0.3 is 34.9 Å². The fourth-order valence-electron chi connectivity index (χ4n) is 3.66. The van der Waals surface area contributed by atoms with Crippen LogP contribution >= 0.6 is 0 Å². The zero-order valence-corrected chi connectivity index (χ0v) is 15.3. The van der Waals surface area contributed by atoms with Crippen molar-refractivity contribution in [3.63, 3.8) is 0 Å². The third-order valence-electron chi connectivity index (χ3n) is 4.89. The molecule has 0 aromatic carbocycles. The molecule has 148 valence electrons. The van der Waals surface area contributed by atoms with Crippen molar-refractivity contribution in [3.05, 3.63) is 0 Å². The van der Waals surface area contributed by atoms with Crippen LogP contribution in [-0.2, 0) is 19.0 Å². The van der Waals surface area contributed by atoms with Crippen molar-refractivity contribution in [2.24, 2.45) is 0 Å². The molecule has 0 saturated carbocycles. The summed E-state index contributed by atoms with van der Waals surface area (Å²) in [7, 11) is 0. The molecule has 3 N–H and O–H groups in total. The summed E-state index contributed by atoms with van der Waals surface area (Å²) in [5.41, 5.74) is 0. The predicted molar refractivity (Wildman–Crippen MR) is 91.6 cm³/mol.